The molecule has 0 spiro atoms. The number of nitrogens with one attached hydrogen (secondary N) is 1. The molecule has 0 atom stereocenters. The van der Waals surface area contributed by atoms with Crippen LogP contribution >= 0.6 is 0 Å². The zero-order valence-electron chi connectivity index (χ0n) is 10.1. The van der Waals surface area contributed by atoms with Crippen molar-refractivity contribution in [3.63, 3.8) is 0 Å². The Labute approximate surface area is 105 Å². The zero-order chi connectivity index (χ0) is 13.0. The summed E-state index contributed by atoms with van der Waals surface area (Å²) in [5.41, 5.74) is 2.94. The molecule has 0 aliphatic carbocycles. The Kier molecular flexibility index (Phi) is 3.57. The average molecular weight is 242 g/mol. The lowest BCUT2D eigenvalue weighted by molar-refractivity contribution is 0.0698. The van der Waals surface area contributed by atoms with Gasteiger partial charge in [0.25, 0.3) is 0 Å². The summed E-state index contributed by atoms with van der Waals surface area (Å²) in [6.45, 7) is 2.48. The predicted molar refractivity (Wildman–Crippen MR) is 69.7 cm³/mol. The number of aromatic carboxylic acids is 1. The highest BCUT2D eigenvalue weighted by molar-refractivity contribution is 5.94. The molecule has 0 amide bonds. The van der Waals surface area contributed by atoms with Crippen LogP contribution in [0.2, 0.25) is 0 Å². The van der Waals surface area contributed by atoms with Gasteiger partial charge in [-0.1, -0.05) is 12.1 Å². The van der Waals surface area contributed by atoms with E-state index < -0.39 is 5.97 Å². The van der Waals surface area contributed by atoms with Gasteiger partial charge in [0.2, 0.25) is 0 Å². The number of hydrogen-bond acceptors (Lipinski definition) is 3. The summed E-state index contributed by atoms with van der Waals surface area (Å²) < 4.78 is 0. The molecule has 0 bridgehead atoms. The minimum atomic E-state index is -0.927. The van der Waals surface area contributed by atoms with Gasteiger partial charge < -0.3 is 10.4 Å². The molecule has 0 radical (unpaired) electrons. The van der Waals surface area contributed by atoms with Crippen LogP contribution in [-0.2, 0) is 6.54 Å². The fourth-order valence-corrected chi connectivity index (χ4v) is 1.69. The maximum atomic E-state index is 11.1. The Morgan fingerprint density at radius 2 is 2.22 bits per heavy atom. The summed E-state index contributed by atoms with van der Waals surface area (Å²) in [5.74, 6) is -0.927. The van der Waals surface area contributed by atoms with Crippen LogP contribution in [0, 0.1) is 6.92 Å². The van der Waals surface area contributed by atoms with Gasteiger partial charge in [-0.05, 0) is 36.2 Å². The fourth-order valence-electron chi connectivity index (χ4n) is 1.69. The van der Waals surface area contributed by atoms with Crippen LogP contribution in [0.25, 0.3) is 0 Å². The third-order valence-corrected chi connectivity index (χ3v) is 2.61. The number of pyridine rings is 1. The lowest BCUT2D eigenvalue weighted by Crippen LogP contribution is -2.06. The Morgan fingerprint density at radius 3 is 2.89 bits per heavy atom. The second-order valence-corrected chi connectivity index (χ2v) is 4.07. The number of carbonyl (C=O) groups is 1. The lowest BCUT2D eigenvalue weighted by Gasteiger charge is -2.10. The van der Waals surface area contributed by atoms with Crippen molar-refractivity contribution in [2.45, 2.75) is 13.5 Å². The van der Waals surface area contributed by atoms with E-state index in [1.54, 1.807) is 24.5 Å². The maximum Gasteiger partial charge on any atom is 0.337 e. The van der Waals surface area contributed by atoms with Crippen LogP contribution in [0.15, 0.2) is 42.7 Å². The molecule has 2 aromatic rings. The first-order valence-electron chi connectivity index (χ1n) is 5.63. The van der Waals surface area contributed by atoms with Crippen molar-refractivity contribution >= 4 is 11.7 Å². The van der Waals surface area contributed by atoms with Crippen molar-refractivity contribution in [3.8, 4) is 0 Å². The van der Waals surface area contributed by atoms with E-state index in [0.29, 0.717) is 12.2 Å². The van der Waals surface area contributed by atoms with Gasteiger partial charge in [-0.25, -0.2) is 4.79 Å². The first-order valence-corrected chi connectivity index (χ1v) is 5.63. The van der Waals surface area contributed by atoms with E-state index >= 15 is 0 Å². The molecule has 1 aromatic carbocycles. The van der Waals surface area contributed by atoms with Crippen LogP contribution in [0.5, 0.6) is 0 Å². The average Bonchev–Trinajstić information content (AvgIpc) is 2.37. The second-order valence-electron chi connectivity index (χ2n) is 4.07. The van der Waals surface area contributed by atoms with Crippen molar-refractivity contribution in [1.29, 1.82) is 0 Å². The van der Waals surface area contributed by atoms with Crippen molar-refractivity contribution < 1.29 is 9.90 Å². The summed E-state index contributed by atoms with van der Waals surface area (Å²) in [6, 6.07) is 9.03. The molecule has 2 rings (SSSR count). The van der Waals surface area contributed by atoms with Gasteiger partial charge in [-0.15, -0.1) is 0 Å². The highest BCUT2D eigenvalue weighted by Gasteiger charge is 2.09. The van der Waals surface area contributed by atoms with Crippen LogP contribution in [0.3, 0.4) is 0 Å². The predicted octanol–water partition coefficient (Wildman–Crippen LogP) is 2.70. The van der Waals surface area contributed by atoms with Gasteiger partial charge in [0, 0.05) is 24.6 Å². The molecule has 2 N–H and O–H groups in total. The number of rotatable bonds is 4. The molecule has 0 fully saturated rings. The van der Waals surface area contributed by atoms with Gasteiger partial charge in [0.15, 0.2) is 0 Å². The number of hydrogen-bond donors (Lipinski definition) is 2. The van der Waals surface area contributed by atoms with Gasteiger partial charge in [0.1, 0.15) is 0 Å². The van der Waals surface area contributed by atoms with Gasteiger partial charge in [0.05, 0.1) is 5.56 Å². The summed E-state index contributed by atoms with van der Waals surface area (Å²) in [5, 5.41) is 12.2. The van der Waals surface area contributed by atoms with Crippen molar-refractivity contribution in [2.75, 3.05) is 5.32 Å². The molecular weight excluding hydrogens is 228 g/mol. The number of nitrogens with zero attached hydrogens (tertiary/aromatic N) is 1. The molecule has 0 saturated carbocycles. The SMILES string of the molecule is Cc1ccc(C(=O)O)c(NCc2cccnc2)c1. The molecule has 92 valence electrons. The van der Waals surface area contributed by atoms with Crippen molar-refractivity contribution in [3.05, 3.63) is 59.4 Å². The maximum absolute atomic E-state index is 11.1. The highest BCUT2D eigenvalue weighted by atomic mass is 16.4. The topological polar surface area (TPSA) is 62.2 Å². The van der Waals surface area contributed by atoms with E-state index in [1.165, 1.54) is 0 Å². The van der Waals surface area contributed by atoms with Crippen LogP contribution in [0.1, 0.15) is 21.5 Å². The number of benzene rings is 1. The van der Waals surface area contributed by atoms with Crippen molar-refractivity contribution in [1.82, 2.24) is 4.98 Å². The molecule has 4 nitrogen and oxygen atoms in total. The Balaban J connectivity index is 2.18. The first-order chi connectivity index (χ1) is 8.66. The molecule has 4 heteroatoms. The van der Waals surface area contributed by atoms with Crippen LogP contribution in [-0.4, -0.2) is 16.1 Å². The van der Waals surface area contributed by atoms with Crippen molar-refractivity contribution in [2.24, 2.45) is 0 Å². The molecule has 0 aliphatic heterocycles. The minimum absolute atomic E-state index is 0.282. The molecule has 0 saturated heterocycles. The molecule has 1 heterocycles. The Morgan fingerprint density at radius 1 is 1.39 bits per heavy atom. The summed E-state index contributed by atoms with van der Waals surface area (Å²) >= 11 is 0. The van der Waals surface area contributed by atoms with E-state index in [9.17, 15) is 4.79 Å². The highest BCUT2D eigenvalue weighted by Crippen LogP contribution is 2.18. The third-order valence-electron chi connectivity index (χ3n) is 2.61. The van der Waals surface area contributed by atoms with E-state index in [2.05, 4.69) is 10.3 Å². The monoisotopic (exact) mass is 242 g/mol. The standard InChI is InChI=1S/C14H14N2O2/c1-10-4-5-12(14(17)18)13(7-10)16-9-11-3-2-6-15-8-11/h2-8,16H,9H2,1H3,(H,17,18). The van der Waals surface area contributed by atoms with E-state index in [4.69, 9.17) is 5.11 Å². The van der Waals surface area contributed by atoms with Crippen LogP contribution in [0.4, 0.5) is 5.69 Å². The lowest BCUT2D eigenvalue weighted by atomic mass is 10.1. The third kappa shape index (κ3) is 2.85. The molecule has 18 heavy (non-hydrogen) atoms. The van der Waals surface area contributed by atoms with Crippen LogP contribution < -0.4 is 5.32 Å². The number of anilines is 1. The Bertz CT molecular complexity index is 553. The number of carboxylic acids is 1. The molecule has 0 unspecified atom stereocenters. The first kappa shape index (κ1) is 12.1. The molecule has 0 aliphatic rings. The molecule has 1 aromatic heterocycles. The Hall–Kier alpha value is -2.36. The zero-order valence-corrected chi connectivity index (χ0v) is 10.1. The number of aromatic nitrogens is 1. The van der Waals surface area contributed by atoms with E-state index in [1.807, 2.05) is 25.1 Å². The normalized spacial score (nSPS) is 10.1. The van der Waals surface area contributed by atoms with Gasteiger partial charge in [-0.2, -0.15) is 0 Å². The minimum Gasteiger partial charge on any atom is -0.478 e. The molecular formula is C14H14N2O2. The summed E-state index contributed by atoms with van der Waals surface area (Å²) in [7, 11) is 0. The second kappa shape index (κ2) is 5.31. The van der Waals surface area contributed by atoms with Gasteiger partial charge in [-0.3, -0.25) is 4.98 Å². The number of carboxylic acid groups (broad SMARTS) is 1. The quantitative estimate of drug-likeness (QED) is 0.865. The summed E-state index contributed by atoms with van der Waals surface area (Å²) in [4.78, 5) is 15.1. The number of aryl methyl sites for hydroxylation is 1. The van der Waals surface area contributed by atoms with E-state index in [0.717, 1.165) is 11.1 Å². The van der Waals surface area contributed by atoms with E-state index in [-0.39, 0.29) is 5.56 Å². The van der Waals surface area contributed by atoms with Gasteiger partial charge >= 0.3 is 5.97 Å². The largest absolute Gasteiger partial charge is 0.478 e. The summed E-state index contributed by atoms with van der Waals surface area (Å²) in [6.07, 6.45) is 3.46. The fraction of sp³-hybridized carbons (Fsp3) is 0.143. The smallest absolute Gasteiger partial charge is 0.337 e.